The van der Waals surface area contributed by atoms with Crippen molar-refractivity contribution in [3.8, 4) is 11.5 Å². The van der Waals surface area contributed by atoms with Gasteiger partial charge in [-0.05, 0) is 32.0 Å². The average molecular weight is 276 g/mol. The number of carbonyl (C=O) groups excluding carboxylic acids is 1. The highest BCUT2D eigenvalue weighted by Gasteiger charge is 2.24. The molecule has 0 spiro atoms. The van der Waals surface area contributed by atoms with Crippen molar-refractivity contribution in [2.75, 3.05) is 38.7 Å². The summed E-state index contributed by atoms with van der Waals surface area (Å²) in [5, 5.41) is 0. The van der Waals surface area contributed by atoms with Gasteiger partial charge in [0.1, 0.15) is 17.6 Å². The molecule has 5 nitrogen and oxygen atoms in total. The van der Waals surface area contributed by atoms with Crippen molar-refractivity contribution in [1.82, 2.24) is 4.90 Å². The van der Waals surface area contributed by atoms with Gasteiger partial charge in [-0.25, -0.2) is 0 Å². The van der Waals surface area contributed by atoms with Crippen LogP contribution in [0.3, 0.4) is 0 Å². The monoisotopic (exact) mass is 276 g/mol. The van der Waals surface area contributed by atoms with E-state index in [9.17, 15) is 4.79 Å². The summed E-state index contributed by atoms with van der Waals surface area (Å²) in [6.07, 6.45) is 2.34. The van der Waals surface area contributed by atoms with Crippen LogP contribution in [-0.4, -0.2) is 50.7 Å². The third-order valence-corrected chi connectivity index (χ3v) is 3.99. The van der Waals surface area contributed by atoms with Gasteiger partial charge in [-0.2, -0.15) is 0 Å². The summed E-state index contributed by atoms with van der Waals surface area (Å²) in [6.45, 7) is 2.24. The van der Waals surface area contributed by atoms with Crippen molar-refractivity contribution in [3.63, 3.8) is 0 Å². The molecule has 0 bridgehead atoms. The second-order valence-electron chi connectivity index (χ2n) is 5.49. The van der Waals surface area contributed by atoms with Gasteiger partial charge in [0.05, 0.1) is 5.69 Å². The number of piperidine rings is 1. The minimum atomic E-state index is -0.0334. The van der Waals surface area contributed by atoms with E-state index in [1.165, 1.54) is 0 Å². The molecule has 1 aromatic carbocycles. The molecule has 3 rings (SSSR count). The smallest absolute Gasteiger partial charge is 0.264 e. The fourth-order valence-corrected chi connectivity index (χ4v) is 2.62. The fourth-order valence-electron chi connectivity index (χ4n) is 2.62. The third kappa shape index (κ3) is 2.58. The Morgan fingerprint density at radius 3 is 2.75 bits per heavy atom. The van der Waals surface area contributed by atoms with E-state index in [0.717, 1.165) is 43.1 Å². The number of hydrogen-bond acceptors (Lipinski definition) is 4. The number of anilines is 1. The molecule has 0 atom stereocenters. The zero-order chi connectivity index (χ0) is 14.1. The molecule has 0 aromatic heterocycles. The van der Waals surface area contributed by atoms with Crippen molar-refractivity contribution >= 4 is 11.6 Å². The van der Waals surface area contributed by atoms with Crippen LogP contribution in [0.2, 0.25) is 0 Å². The Morgan fingerprint density at radius 2 is 2.00 bits per heavy atom. The number of rotatable bonds is 2. The van der Waals surface area contributed by atoms with Gasteiger partial charge >= 0.3 is 0 Å². The normalized spacial score (nSPS) is 20.5. The zero-order valence-electron chi connectivity index (χ0n) is 12.0. The van der Waals surface area contributed by atoms with E-state index in [-0.39, 0.29) is 18.6 Å². The molecule has 108 valence electrons. The van der Waals surface area contributed by atoms with E-state index in [0.29, 0.717) is 0 Å². The Kier molecular flexibility index (Phi) is 3.53. The van der Waals surface area contributed by atoms with Crippen LogP contribution in [0.1, 0.15) is 12.8 Å². The first-order valence-corrected chi connectivity index (χ1v) is 7.02. The lowest BCUT2D eigenvalue weighted by molar-refractivity contribution is -0.120. The molecule has 1 fully saturated rings. The molecule has 1 amide bonds. The highest BCUT2D eigenvalue weighted by Crippen LogP contribution is 2.35. The summed E-state index contributed by atoms with van der Waals surface area (Å²) >= 11 is 0. The van der Waals surface area contributed by atoms with Crippen molar-refractivity contribution in [1.29, 1.82) is 0 Å². The van der Waals surface area contributed by atoms with Crippen molar-refractivity contribution in [3.05, 3.63) is 18.2 Å². The van der Waals surface area contributed by atoms with E-state index >= 15 is 0 Å². The topological polar surface area (TPSA) is 42.0 Å². The van der Waals surface area contributed by atoms with Gasteiger partial charge in [-0.1, -0.05) is 0 Å². The molecule has 2 aliphatic rings. The Bertz CT molecular complexity index is 510. The lowest BCUT2D eigenvalue weighted by atomic mass is 10.1. The predicted molar refractivity (Wildman–Crippen MR) is 76.5 cm³/mol. The molecule has 1 saturated heterocycles. The summed E-state index contributed by atoms with van der Waals surface area (Å²) in [4.78, 5) is 15.6. The van der Waals surface area contributed by atoms with Crippen LogP contribution in [0.4, 0.5) is 5.69 Å². The van der Waals surface area contributed by atoms with Crippen LogP contribution >= 0.6 is 0 Å². The molecule has 2 heterocycles. The minimum absolute atomic E-state index is 0.0334. The highest BCUT2D eigenvalue weighted by atomic mass is 16.5. The van der Waals surface area contributed by atoms with E-state index in [1.807, 2.05) is 18.2 Å². The second kappa shape index (κ2) is 5.32. The summed E-state index contributed by atoms with van der Waals surface area (Å²) < 4.78 is 11.4. The molecule has 0 N–H and O–H groups in total. The number of hydrogen-bond donors (Lipinski definition) is 0. The van der Waals surface area contributed by atoms with Gasteiger partial charge in [0, 0.05) is 26.2 Å². The number of likely N-dealkylation sites (tertiary alicyclic amines) is 1. The van der Waals surface area contributed by atoms with E-state index in [1.54, 1.807) is 11.9 Å². The number of likely N-dealkylation sites (N-methyl/N-ethyl adjacent to an activating group) is 1. The highest BCUT2D eigenvalue weighted by molar-refractivity contribution is 5.97. The first-order chi connectivity index (χ1) is 9.63. The standard InChI is InChI=1S/C15H20N2O3/c1-16-7-5-11(6-8-16)20-12-3-4-14-13(9-12)17(2)15(18)10-19-14/h3-4,9,11H,5-8,10H2,1-2H3. The van der Waals surface area contributed by atoms with Gasteiger partial charge in [0.2, 0.25) is 0 Å². The van der Waals surface area contributed by atoms with Gasteiger partial charge < -0.3 is 19.3 Å². The summed E-state index contributed by atoms with van der Waals surface area (Å²) in [7, 11) is 3.90. The quantitative estimate of drug-likeness (QED) is 0.821. The largest absolute Gasteiger partial charge is 0.490 e. The molecular formula is C15H20N2O3. The van der Waals surface area contributed by atoms with Crippen LogP contribution in [-0.2, 0) is 4.79 Å². The number of ether oxygens (including phenoxy) is 2. The molecule has 0 unspecified atom stereocenters. The molecular weight excluding hydrogens is 256 g/mol. The lowest BCUT2D eigenvalue weighted by Crippen LogP contribution is -2.36. The van der Waals surface area contributed by atoms with Crippen LogP contribution in [0.25, 0.3) is 0 Å². The van der Waals surface area contributed by atoms with Crippen LogP contribution in [0.5, 0.6) is 11.5 Å². The number of carbonyl (C=O) groups is 1. The van der Waals surface area contributed by atoms with Gasteiger partial charge in [-0.3, -0.25) is 4.79 Å². The average Bonchev–Trinajstić information content (AvgIpc) is 2.46. The first kappa shape index (κ1) is 13.2. The molecule has 0 aliphatic carbocycles. The van der Waals surface area contributed by atoms with Crippen LogP contribution < -0.4 is 14.4 Å². The van der Waals surface area contributed by atoms with Crippen LogP contribution in [0.15, 0.2) is 18.2 Å². The number of fused-ring (bicyclic) bond motifs is 1. The SMILES string of the molecule is CN1CCC(Oc2ccc3c(c2)N(C)C(=O)CO3)CC1. The second-order valence-corrected chi connectivity index (χ2v) is 5.49. The number of nitrogens with zero attached hydrogens (tertiary/aromatic N) is 2. The summed E-state index contributed by atoms with van der Waals surface area (Å²) in [6, 6.07) is 5.69. The maximum Gasteiger partial charge on any atom is 0.264 e. The molecule has 0 saturated carbocycles. The summed E-state index contributed by atoms with van der Waals surface area (Å²) in [5.74, 6) is 1.51. The van der Waals surface area contributed by atoms with Crippen molar-refractivity contribution in [2.24, 2.45) is 0 Å². The fraction of sp³-hybridized carbons (Fsp3) is 0.533. The molecule has 2 aliphatic heterocycles. The lowest BCUT2D eigenvalue weighted by Gasteiger charge is -2.30. The maximum atomic E-state index is 11.6. The third-order valence-electron chi connectivity index (χ3n) is 3.99. The minimum Gasteiger partial charge on any atom is -0.490 e. The van der Waals surface area contributed by atoms with Gasteiger partial charge in [-0.15, -0.1) is 0 Å². The molecule has 1 aromatic rings. The van der Waals surface area contributed by atoms with Gasteiger partial charge in [0.25, 0.3) is 5.91 Å². The van der Waals surface area contributed by atoms with Crippen molar-refractivity contribution in [2.45, 2.75) is 18.9 Å². The first-order valence-electron chi connectivity index (χ1n) is 7.02. The van der Waals surface area contributed by atoms with Crippen molar-refractivity contribution < 1.29 is 14.3 Å². The Hall–Kier alpha value is -1.75. The van der Waals surface area contributed by atoms with Crippen LogP contribution in [0, 0.1) is 0 Å². The molecule has 5 heteroatoms. The number of benzene rings is 1. The van der Waals surface area contributed by atoms with E-state index in [4.69, 9.17) is 9.47 Å². The zero-order valence-corrected chi connectivity index (χ0v) is 12.0. The Morgan fingerprint density at radius 1 is 1.25 bits per heavy atom. The van der Waals surface area contributed by atoms with Gasteiger partial charge in [0.15, 0.2) is 6.61 Å². The summed E-state index contributed by atoms with van der Waals surface area (Å²) in [5.41, 5.74) is 0.784. The maximum absolute atomic E-state index is 11.6. The number of amides is 1. The molecule has 0 radical (unpaired) electrons. The van der Waals surface area contributed by atoms with E-state index < -0.39 is 0 Å². The molecule has 20 heavy (non-hydrogen) atoms. The predicted octanol–water partition coefficient (Wildman–Crippen LogP) is 1.51. The Balaban J connectivity index is 1.73. The Labute approximate surface area is 119 Å². The van der Waals surface area contributed by atoms with E-state index in [2.05, 4.69) is 11.9 Å².